The van der Waals surface area contributed by atoms with Crippen LogP contribution in [0.3, 0.4) is 0 Å². The van der Waals surface area contributed by atoms with E-state index in [1.165, 1.54) is 10.0 Å². The van der Waals surface area contributed by atoms with Crippen molar-refractivity contribution >= 4 is 27.3 Å². The zero-order valence-electron chi connectivity index (χ0n) is 6.51. The molecule has 1 nitrogen and oxygen atoms in total. The fourth-order valence-electron chi connectivity index (χ4n) is 1.05. The molecular weight excluding hydrogens is 222 g/mol. The Morgan fingerprint density at radius 2 is 2.36 bits per heavy atom. The number of nitrogens with two attached hydrogens (primary N) is 1. The number of halogens is 1. The Morgan fingerprint density at radius 1 is 1.64 bits per heavy atom. The third kappa shape index (κ3) is 2.29. The first kappa shape index (κ1) is 9.23. The van der Waals surface area contributed by atoms with Crippen molar-refractivity contribution in [3.8, 4) is 0 Å². The van der Waals surface area contributed by atoms with Crippen LogP contribution in [0.4, 0.5) is 0 Å². The average Bonchev–Trinajstić information content (AvgIpc) is 2.36. The summed E-state index contributed by atoms with van der Waals surface area (Å²) in [5.74, 6) is 0.584. The first-order valence-corrected chi connectivity index (χ1v) is 5.41. The first-order valence-electron chi connectivity index (χ1n) is 3.67. The summed E-state index contributed by atoms with van der Waals surface area (Å²) >= 11 is 5.24. The van der Waals surface area contributed by atoms with E-state index in [9.17, 15) is 0 Å². The van der Waals surface area contributed by atoms with Crippen molar-refractivity contribution < 1.29 is 0 Å². The van der Waals surface area contributed by atoms with Crippen LogP contribution in [0.25, 0.3) is 0 Å². The summed E-state index contributed by atoms with van der Waals surface area (Å²) in [6.45, 7) is 2.98. The second-order valence-electron chi connectivity index (χ2n) is 2.65. The highest BCUT2D eigenvalue weighted by atomic mass is 79.9. The second-order valence-corrected chi connectivity index (χ2v) is 4.25. The van der Waals surface area contributed by atoms with Crippen molar-refractivity contribution in [3.05, 3.63) is 20.8 Å². The fourth-order valence-corrected chi connectivity index (χ4v) is 2.86. The predicted octanol–water partition coefficient (Wildman–Crippen LogP) is 2.96. The molecule has 0 saturated carbocycles. The number of thiophene rings is 1. The molecule has 0 aliphatic heterocycles. The van der Waals surface area contributed by atoms with Crippen LogP contribution in [0.5, 0.6) is 0 Å². The van der Waals surface area contributed by atoms with E-state index in [1.807, 2.05) is 0 Å². The minimum absolute atomic E-state index is 0.584. The maximum Gasteiger partial charge on any atom is 0.0317 e. The predicted molar refractivity (Wildman–Crippen MR) is 54.1 cm³/mol. The second kappa shape index (κ2) is 4.24. The van der Waals surface area contributed by atoms with Crippen molar-refractivity contribution in [2.24, 2.45) is 5.73 Å². The van der Waals surface area contributed by atoms with Crippen LogP contribution < -0.4 is 5.73 Å². The van der Waals surface area contributed by atoms with Gasteiger partial charge in [-0.1, -0.05) is 6.92 Å². The smallest absolute Gasteiger partial charge is 0.0317 e. The Labute approximate surface area is 79.7 Å². The maximum atomic E-state index is 5.47. The highest BCUT2D eigenvalue weighted by Gasteiger charge is 2.08. The van der Waals surface area contributed by atoms with E-state index in [1.54, 1.807) is 11.3 Å². The molecule has 0 fully saturated rings. The van der Waals surface area contributed by atoms with Gasteiger partial charge in [-0.3, -0.25) is 0 Å². The molecule has 0 aliphatic rings. The van der Waals surface area contributed by atoms with E-state index in [4.69, 9.17) is 5.73 Å². The molecule has 0 amide bonds. The highest BCUT2D eigenvalue weighted by molar-refractivity contribution is 9.10. The normalized spacial score (nSPS) is 13.4. The van der Waals surface area contributed by atoms with E-state index in [0.29, 0.717) is 5.92 Å². The Kier molecular flexibility index (Phi) is 3.55. The average molecular weight is 234 g/mol. The zero-order valence-corrected chi connectivity index (χ0v) is 8.91. The lowest BCUT2D eigenvalue weighted by Gasteiger charge is -2.07. The maximum absolute atomic E-state index is 5.47. The van der Waals surface area contributed by atoms with Gasteiger partial charge in [0.2, 0.25) is 0 Å². The van der Waals surface area contributed by atoms with Crippen LogP contribution in [-0.4, -0.2) is 6.54 Å². The van der Waals surface area contributed by atoms with Gasteiger partial charge in [-0.25, -0.2) is 0 Å². The van der Waals surface area contributed by atoms with Crippen LogP contribution >= 0.6 is 27.3 Å². The van der Waals surface area contributed by atoms with E-state index in [0.717, 1.165) is 13.0 Å². The molecule has 1 aromatic rings. The molecule has 1 unspecified atom stereocenters. The van der Waals surface area contributed by atoms with Gasteiger partial charge in [0.25, 0.3) is 0 Å². The SMILES string of the molecule is CC(CCN)c1cscc1Br. The van der Waals surface area contributed by atoms with Crippen LogP contribution in [0.15, 0.2) is 15.2 Å². The monoisotopic (exact) mass is 233 g/mol. The zero-order chi connectivity index (χ0) is 8.27. The third-order valence-electron chi connectivity index (χ3n) is 1.77. The molecule has 62 valence electrons. The molecular formula is C8H12BrNS. The molecule has 1 aromatic heterocycles. The molecule has 0 radical (unpaired) electrons. The van der Waals surface area contributed by atoms with Gasteiger partial charge in [0.1, 0.15) is 0 Å². The Bertz CT molecular complexity index is 222. The molecule has 11 heavy (non-hydrogen) atoms. The van der Waals surface area contributed by atoms with Gasteiger partial charge < -0.3 is 5.73 Å². The van der Waals surface area contributed by atoms with Crippen LogP contribution in [-0.2, 0) is 0 Å². The van der Waals surface area contributed by atoms with Gasteiger partial charge in [0.15, 0.2) is 0 Å². The van der Waals surface area contributed by atoms with Crippen molar-refractivity contribution in [2.45, 2.75) is 19.3 Å². The summed E-state index contributed by atoms with van der Waals surface area (Å²) in [6.07, 6.45) is 1.06. The van der Waals surface area contributed by atoms with Crippen LogP contribution in [0, 0.1) is 0 Å². The van der Waals surface area contributed by atoms with E-state index < -0.39 is 0 Å². The summed E-state index contributed by atoms with van der Waals surface area (Å²) < 4.78 is 1.23. The van der Waals surface area contributed by atoms with Gasteiger partial charge in [-0.2, -0.15) is 11.3 Å². The molecule has 0 saturated heterocycles. The number of hydrogen-bond acceptors (Lipinski definition) is 2. The topological polar surface area (TPSA) is 26.0 Å². The minimum Gasteiger partial charge on any atom is -0.330 e. The molecule has 1 rings (SSSR count). The first-order chi connectivity index (χ1) is 5.25. The highest BCUT2D eigenvalue weighted by Crippen LogP contribution is 2.29. The summed E-state index contributed by atoms with van der Waals surface area (Å²) in [6, 6.07) is 0. The van der Waals surface area contributed by atoms with E-state index >= 15 is 0 Å². The standard InChI is InChI=1S/C8H12BrNS/c1-6(2-3-10)7-4-11-5-8(7)9/h4-6H,2-3,10H2,1H3. The molecule has 0 aliphatic carbocycles. The molecule has 3 heteroatoms. The van der Waals surface area contributed by atoms with E-state index in [2.05, 4.69) is 33.6 Å². The molecule has 0 spiro atoms. The van der Waals surface area contributed by atoms with Crippen molar-refractivity contribution in [1.82, 2.24) is 0 Å². The summed E-state index contributed by atoms with van der Waals surface area (Å²) in [5, 5.41) is 4.30. The lowest BCUT2D eigenvalue weighted by atomic mass is 10.0. The van der Waals surface area contributed by atoms with Crippen molar-refractivity contribution in [1.29, 1.82) is 0 Å². The molecule has 0 bridgehead atoms. The van der Waals surface area contributed by atoms with Crippen LogP contribution in [0.1, 0.15) is 24.8 Å². The minimum atomic E-state index is 0.584. The van der Waals surface area contributed by atoms with Gasteiger partial charge in [0.05, 0.1) is 0 Å². The van der Waals surface area contributed by atoms with Crippen LogP contribution in [0.2, 0.25) is 0 Å². The lowest BCUT2D eigenvalue weighted by Crippen LogP contribution is -2.03. The van der Waals surface area contributed by atoms with Gasteiger partial charge >= 0.3 is 0 Å². The molecule has 0 aromatic carbocycles. The lowest BCUT2D eigenvalue weighted by molar-refractivity contribution is 0.690. The largest absolute Gasteiger partial charge is 0.330 e. The fraction of sp³-hybridized carbons (Fsp3) is 0.500. The molecule has 1 atom stereocenters. The van der Waals surface area contributed by atoms with E-state index in [-0.39, 0.29) is 0 Å². The number of hydrogen-bond donors (Lipinski definition) is 1. The summed E-state index contributed by atoms with van der Waals surface area (Å²) in [7, 11) is 0. The number of rotatable bonds is 3. The molecule has 1 heterocycles. The molecule has 2 N–H and O–H groups in total. The Balaban J connectivity index is 2.67. The summed E-state index contributed by atoms with van der Waals surface area (Å²) in [4.78, 5) is 0. The Morgan fingerprint density at radius 3 is 2.82 bits per heavy atom. The third-order valence-corrected chi connectivity index (χ3v) is 3.52. The Hall–Kier alpha value is 0.140. The van der Waals surface area contributed by atoms with Gasteiger partial charge in [0, 0.05) is 9.85 Å². The van der Waals surface area contributed by atoms with Gasteiger partial charge in [-0.15, -0.1) is 0 Å². The quantitative estimate of drug-likeness (QED) is 0.854. The summed E-state index contributed by atoms with van der Waals surface area (Å²) in [5.41, 5.74) is 6.86. The van der Waals surface area contributed by atoms with Crippen molar-refractivity contribution in [2.75, 3.05) is 6.54 Å². The van der Waals surface area contributed by atoms with Crippen molar-refractivity contribution in [3.63, 3.8) is 0 Å². The van der Waals surface area contributed by atoms with Gasteiger partial charge in [-0.05, 0) is 45.8 Å².